The molecule has 1 aromatic heterocycles. The van der Waals surface area contributed by atoms with Gasteiger partial charge in [0.1, 0.15) is 5.69 Å². The van der Waals surface area contributed by atoms with Crippen molar-refractivity contribution in [3.63, 3.8) is 0 Å². The monoisotopic (exact) mass is 404 g/mol. The van der Waals surface area contributed by atoms with E-state index >= 15 is 0 Å². The molecule has 0 fully saturated rings. The lowest BCUT2D eigenvalue weighted by Crippen LogP contribution is -2.30. The molecule has 0 spiro atoms. The van der Waals surface area contributed by atoms with Crippen LogP contribution in [0.5, 0.6) is 0 Å². The second kappa shape index (κ2) is 10.7. The minimum absolute atomic E-state index is 0.322. The Morgan fingerprint density at radius 2 is 1.87 bits per heavy atom. The fourth-order valence-electron chi connectivity index (χ4n) is 2.85. The highest BCUT2D eigenvalue weighted by Gasteiger charge is 2.06. The molecule has 7 heteroatoms. The molecule has 1 heterocycles. The Labute approximate surface area is 175 Å². The summed E-state index contributed by atoms with van der Waals surface area (Å²) in [5.41, 5.74) is 4.00. The third-order valence-corrected chi connectivity index (χ3v) is 4.46. The minimum Gasteiger partial charge on any atom is -0.452 e. The average molecular weight is 404 g/mol. The normalized spacial score (nSPS) is 10.8. The third-order valence-electron chi connectivity index (χ3n) is 4.46. The van der Waals surface area contributed by atoms with Crippen molar-refractivity contribution in [2.24, 2.45) is 0 Å². The smallest absolute Gasteiger partial charge is 0.331 e. The lowest BCUT2D eigenvalue weighted by atomic mass is 10.1. The van der Waals surface area contributed by atoms with Crippen LogP contribution in [0.1, 0.15) is 22.4 Å². The molecule has 0 saturated carbocycles. The molecule has 30 heavy (non-hydrogen) atoms. The van der Waals surface area contributed by atoms with E-state index in [4.69, 9.17) is 4.74 Å². The number of ether oxygens (including phenoxy) is 1. The zero-order valence-corrected chi connectivity index (χ0v) is 16.8. The van der Waals surface area contributed by atoms with Crippen molar-refractivity contribution in [1.82, 2.24) is 20.3 Å². The number of rotatable bonds is 9. The lowest BCUT2D eigenvalue weighted by Gasteiger charge is -2.07. The minimum atomic E-state index is -0.610. The first-order valence-corrected chi connectivity index (χ1v) is 9.70. The zero-order chi connectivity index (χ0) is 21.2. The summed E-state index contributed by atoms with van der Waals surface area (Å²) in [4.78, 5) is 23.7. The van der Waals surface area contributed by atoms with E-state index in [1.807, 2.05) is 61.5 Å². The Balaban J connectivity index is 1.37. The van der Waals surface area contributed by atoms with Gasteiger partial charge < -0.3 is 10.1 Å². The average Bonchev–Trinajstić information content (AvgIpc) is 3.20. The van der Waals surface area contributed by atoms with E-state index < -0.39 is 5.97 Å². The van der Waals surface area contributed by atoms with Crippen LogP contribution in [-0.4, -0.2) is 40.0 Å². The van der Waals surface area contributed by atoms with Gasteiger partial charge in [0.2, 0.25) is 0 Å². The maximum Gasteiger partial charge on any atom is 0.331 e. The molecule has 0 unspecified atom stereocenters. The summed E-state index contributed by atoms with van der Waals surface area (Å²) in [5.74, 6) is -0.944. The first-order chi connectivity index (χ1) is 14.6. The van der Waals surface area contributed by atoms with Crippen molar-refractivity contribution >= 4 is 18.0 Å². The predicted molar refractivity (Wildman–Crippen MR) is 113 cm³/mol. The number of hydrogen-bond acceptors (Lipinski definition) is 5. The highest BCUT2D eigenvalue weighted by atomic mass is 16.5. The van der Waals surface area contributed by atoms with Crippen molar-refractivity contribution in [2.75, 3.05) is 13.2 Å². The van der Waals surface area contributed by atoms with E-state index in [0.29, 0.717) is 18.8 Å². The molecule has 1 amide bonds. The van der Waals surface area contributed by atoms with Crippen LogP contribution in [0.15, 0.2) is 66.9 Å². The van der Waals surface area contributed by atoms with Gasteiger partial charge >= 0.3 is 5.97 Å². The lowest BCUT2D eigenvalue weighted by molar-refractivity contribution is -0.143. The maximum absolute atomic E-state index is 11.8. The second-order valence-electron chi connectivity index (χ2n) is 6.79. The second-order valence-corrected chi connectivity index (χ2v) is 6.79. The Bertz CT molecular complexity index is 1010. The van der Waals surface area contributed by atoms with Crippen LogP contribution in [0.2, 0.25) is 0 Å². The number of aromatic nitrogens is 3. The number of carbonyl (C=O) groups excluding carboxylic acids is 2. The zero-order valence-electron chi connectivity index (χ0n) is 16.8. The van der Waals surface area contributed by atoms with Gasteiger partial charge in [-0.2, -0.15) is 0 Å². The van der Waals surface area contributed by atoms with Gasteiger partial charge in [0.05, 0.1) is 12.7 Å². The summed E-state index contributed by atoms with van der Waals surface area (Å²) in [5, 5.41) is 10.8. The van der Waals surface area contributed by atoms with Gasteiger partial charge in [-0.1, -0.05) is 59.8 Å². The molecule has 0 aliphatic rings. The fourth-order valence-corrected chi connectivity index (χ4v) is 2.85. The quantitative estimate of drug-likeness (QED) is 0.438. The Hall–Kier alpha value is -3.74. The van der Waals surface area contributed by atoms with Gasteiger partial charge in [0.15, 0.2) is 6.61 Å². The van der Waals surface area contributed by atoms with E-state index in [-0.39, 0.29) is 12.5 Å². The molecule has 0 bridgehead atoms. The molecule has 0 atom stereocenters. The molecule has 3 aromatic rings. The fraction of sp³-hybridized carbons (Fsp3) is 0.217. The molecule has 7 nitrogen and oxygen atoms in total. The van der Waals surface area contributed by atoms with Crippen LogP contribution in [0.4, 0.5) is 0 Å². The highest BCUT2D eigenvalue weighted by molar-refractivity contribution is 5.88. The summed E-state index contributed by atoms with van der Waals surface area (Å²) in [7, 11) is 0. The topological polar surface area (TPSA) is 86.1 Å². The Kier molecular flexibility index (Phi) is 7.49. The molecule has 2 aromatic carbocycles. The van der Waals surface area contributed by atoms with Crippen LogP contribution in [-0.2, 0) is 27.3 Å². The van der Waals surface area contributed by atoms with Crippen molar-refractivity contribution < 1.29 is 14.3 Å². The van der Waals surface area contributed by atoms with Crippen LogP contribution in [0.25, 0.3) is 6.08 Å². The van der Waals surface area contributed by atoms with Gasteiger partial charge in [-0.05, 0) is 36.1 Å². The number of amides is 1. The van der Waals surface area contributed by atoms with E-state index in [9.17, 15) is 9.59 Å². The van der Waals surface area contributed by atoms with E-state index in [0.717, 1.165) is 12.0 Å². The van der Waals surface area contributed by atoms with Gasteiger partial charge in [-0.15, -0.1) is 5.10 Å². The highest BCUT2D eigenvalue weighted by Crippen LogP contribution is 2.07. The van der Waals surface area contributed by atoms with Gasteiger partial charge in [0.25, 0.3) is 5.91 Å². The maximum atomic E-state index is 11.8. The number of esters is 1. The molecular weight excluding hydrogens is 380 g/mol. The van der Waals surface area contributed by atoms with Crippen molar-refractivity contribution in [3.8, 4) is 0 Å². The number of aryl methyl sites for hydroxylation is 1. The first kappa shape index (κ1) is 21.0. The molecule has 1 N–H and O–H groups in total. The van der Waals surface area contributed by atoms with Crippen LogP contribution in [0.3, 0.4) is 0 Å². The molecule has 0 aliphatic carbocycles. The molecule has 154 valence electrons. The molecule has 3 rings (SSSR count). The standard InChI is InChI=1S/C23H24N4O3/c1-18-7-5-6-10-20(18)13-14-24-22(28)17-30-23(29)12-11-21-16-27(26-25-21)15-19-8-3-2-4-9-19/h2-12,16H,13-15,17H2,1H3,(H,24,28)/b12-11+. The summed E-state index contributed by atoms with van der Waals surface area (Å²) < 4.78 is 6.64. The number of carbonyl (C=O) groups is 2. The molecule has 0 saturated heterocycles. The van der Waals surface area contributed by atoms with Crippen LogP contribution in [0, 0.1) is 6.92 Å². The molecule has 0 radical (unpaired) electrons. The van der Waals surface area contributed by atoms with Crippen molar-refractivity contribution in [1.29, 1.82) is 0 Å². The van der Waals surface area contributed by atoms with Crippen molar-refractivity contribution in [3.05, 3.63) is 89.3 Å². The van der Waals surface area contributed by atoms with Gasteiger partial charge in [0, 0.05) is 12.6 Å². The number of nitrogens with one attached hydrogen (secondary N) is 1. The van der Waals surface area contributed by atoms with Crippen LogP contribution >= 0.6 is 0 Å². The molecule has 0 aliphatic heterocycles. The summed E-state index contributed by atoms with van der Waals surface area (Å²) in [6, 6.07) is 17.9. The third kappa shape index (κ3) is 6.70. The number of nitrogens with zero attached hydrogens (tertiary/aromatic N) is 3. The Morgan fingerprint density at radius 1 is 1.10 bits per heavy atom. The van der Waals surface area contributed by atoms with E-state index in [2.05, 4.69) is 15.6 Å². The van der Waals surface area contributed by atoms with Gasteiger partial charge in [-0.3, -0.25) is 4.79 Å². The predicted octanol–water partition coefficient (Wildman–Crippen LogP) is 2.55. The summed E-state index contributed by atoms with van der Waals surface area (Å²) in [6.45, 7) is 2.79. The van der Waals surface area contributed by atoms with Gasteiger partial charge in [-0.25, -0.2) is 9.48 Å². The Morgan fingerprint density at radius 3 is 2.67 bits per heavy atom. The number of benzene rings is 2. The SMILES string of the molecule is Cc1ccccc1CCNC(=O)COC(=O)/C=C/c1cn(Cc2ccccc2)nn1. The molecular formula is C23H24N4O3. The first-order valence-electron chi connectivity index (χ1n) is 9.70. The largest absolute Gasteiger partial charge is 0.452 e. The van der Waals surface area contributed by atoms with Crippen LogP contribution < -0.4 is 5.32 Å². The van der Waals surface area contributed by atoms with E-state index in [1.54, 1.807) is 10.9 Å². The van der Waals surface area contributed by atoms with E-state index in [1.165, 1.54) is 23.3 Å². The van der Waals surface area contributed by atoms with Crippen molar-refractivity contribution in [2.45, 2.75) is 19.9 Å². The summed E-state index contributed by atoms with van der Waals surface area (Å²) in [6.07, 6.45) is 5.20. The number of hydrogen-bond donors (Lipinski definition) is 1. The summed E-state index contributed by atoms with van der Waals surface area (Å²) >= 11 is 0.